The molecule has 0 bridgehead atoms. The Morgan fingerprint density at radius 2 is 1.85 bits per heavy atom. The number of ether oxygens (including phenoxy) is 1. The van der Waals surface area contributed by atoms with Gasteiger partial charge in [-0.3, -0.25) is 0 Å². The second-order valence-electron chi connectivity index (χ2n) is 5.85. The summed E-state index contributed by atoms with van der Waals surface area (Å²) >= 11 is 3.42. The molecule has 2 aromatic carbocycles. The summed E-state index contributed by atoms with van der Waals surface area (Å²) < 4.78 is 6.12. The van der Waals surface area contributed by atoms with Crippen molar-refractivity contribution >= 4 is 33.5 Å². The van der Waals surface area contributed by atoms with Crippen molar-refractivity contribution in [2.24, 2.45) is 5.73 Å². The van der Waals surface area contributed by atoms with Crippen molar-refractivity contribution in [3.63, 3.8) is 0 Å². The monoisotopic (exact) mass is 420 g/mol. The Balaban J connectivity index is 2.24. The van der Waals surface area contributed by atoms with Gasteiger partial charge < -0.3 is 10.5 Å². The Hall–Kier alpha value is -3.10. The van der Waals surface area contributed by atoms with Gasteiger partial charge in [-0.05, 0) is 36.3 Å². The number of nitrogens with zero attached hydrogens (tertiary/aromatic N) is 1. The SMILES string of the molecule is CCOC(=O)C1=C(N)C(C#N)=C(c2ccc(Br)cc2)/C1=C/c1ccccc1. The maximum atomic E-state index is 12.6. The fourth-order valence-electron chi connectivity index (χ4n) is 2.98. The molecule has 5 heteroatoms. The van der Waals surface area contributed by atoms with Gasteiger partial charge in [0.1, 0.15) is 6.07 Å². The Morgan fingerprint density at radius 3 is 2.44 bits per heavy atom. The number of carbonyl (C=O) groups excluding carboxylic acids is 1. The molecule has 2 N–H and O–H groups in total. The Labute approximate surface area is 166 Å². The van der Waals surface area contributed by atoms with E-state index >= 15 is 0 Å². The fraction of sp³-hybridized carbons (Fsp3) is 0.0909. The van der Waals surface area contributed by atoms with Gasteiger partial charge in [0, 0.05) is 15.6 Å². The molecule has 134 valence electrons. The summed E-state index contributed by atoms with van der Waals surface area (Å²) in [5.74, 6) is -0.531. The number of hydrogen-bond acceptors (Lipinski definition) is 4. The van der Waals surface area contributed by atoms with Crippen LogP contribution in [-0.4, -0.2) is 12.6 Å². The lowest BCUT2D eigenvalue weighted by atomic mass is 9.93. The van der Waals surface area contributed by atoms with Crippen molar-refractivity contribution in [3.8, 4) is 6.07 Å². The van der Waals surface area contributed by atoms with Crippen LogP contribution >= 0.6 is 15.9 Å². The van der Waals surface area contributed by atoms with Gasteiger partial charge in [0.15, 0.2) is 0 Å². The minimum absolute atomic E-state index is 0.149. The lowest BCUT2D eigenvalue weighted by Gasteiger charge is -2.11. The molecule has 1 aliphatic rings. The Bertz CT molecular complexity index is 1010. The molecule has 0 aromatic heterocycles. The van der Waals surface area contributed by atoms with Crippen molar-refractivity contribution < 1.29 is 9.53 Å². The summed E-state index contributed by atoms with van der Waals surface area (Å²) in [4.78, 5) is 12.6. The molecule has 0 aliphatic heterocycles. The molecule has 0 radical (unpaired) electrons. The quantitative estimate of drug-likeness (QED) is 0.733. The highest BCUT2D eigenvalue weighted by Crippen LogP contribution is 2.42. The van der Waals surface area contributed by atoms with E-state index in [4.69, 9.17) is 10.5 Å². The first-order valence-electron chi connectivity index (χ1n) is 8.41. The van der Waals surface area contributed by atoms with Crippen LogP contribution in [0.15, 0.2) is 81.5 Å². The van der Waals surface area contributed by atoms with E-state index in [1.165, 1.54) is 0 Å². The van der Waals surface area contributed by atoms with E-state index in [0.29, 0.717) is 11.1 Å². The lowest BCUT2D eigenvalue weighted by molar-refractivity contribution is -0.138. The summed E-state index contributed by atoms with van der Waals surface area (Å²) in [6.07, 6.45) is 1.86. The number of nitriles is 1. The number of esters is 1. The number of nitrogens with two attached hydrogens (primary N) is 1. The molecular weight excluding hydrogens is 404 g/mol. The average Bonchev–Trinajstić information content (AvgIpc) is 2.94. The second kappa shape index (κ2) is 8.07. The molecule has 0 saturated heterocycles. The van der Waals surface area contributed by atoms with Crippen LogP contribution < -0.4 is 5.73 Å². The molecule has 0 unspecified atom stereocenters. The third-order valence-electron chi connectivity index (χ3n) is 4.16. The third kappa shape index (κ3) is 3.71. The second-order valence-corrected chi connectivity index (χ2v) is 6.76. The van der Waals surface area contributed by atoms with E-state index in [-0.39, 0.29) is 23.5 Å². The first-order chi connectivity index (χ1) is 13.1. The highest BCUT2D eigenvalue weighted by molar-refractivity contribution is 9.10. The zero-order valence-electron chi connectivity index (χ0n) is 14.7. The first kappa shape index (κ1) is 18.7. The van der Waals surface area contributed by atoms with Gasteiger partial charge >= 0.3 is 5.97 Å². The fourth-order valence-corrected chi connectivity index (χ4v) is 3.24. The summed E-state index contributed by atoms with van der Waals surface area (Å²) in [7, 11) is 0. The van der Waals surface area contributed by atoms with Gasteiger partial charge in [-0.1, -0.05) is 58.4 Å². The van der Waals surface area contributed by atoms with E-state index in [9.17, 15) is 10.1 Å². The average molecular weight is 421 g/mol. The van der Waals surface area contributed by atoms with Crippen molar-refractivity contribution in [2.45, 2.75) is 6.92 Å². The van der Waals surface area contributed by atoms with Gasteiger partial charge in [0.25, 0.3) is 0 Å². The number of carbonyl (C=O) groups is 1. The lowest BCUT2D eigenvalue weighted by Crippen LogP contribution is -2.13. The topological polar surface area (TPSA) is 76.1 Å². The molecule has 1 aliphatic carbocycles. The summed E-state index contributed by atoms with van der Waals surface area (Å²) in [5.41, 5.74) is 9.81. The van der Waals surface area contributed by atoms with E-state index in [2.05, 4.69) is 22.0 Å². The number of halogens is 1. The molecule has 0 spiro atoms. The standard InChI is InChI=1S/C22H17BrN2O2/c1-2-27-22(26)20-17(12-14-6-4-3-5-7-14)19(18(13-24)21(20)25)15-8-10-16(23)11-9-15/h3-12H,2,25H2,1H3/b17-12-. The zero-order valence-corrected chi connectivity index (χ0v) is 16.3. The molecule has 0 saturated carbocycles. The zero-order chi connectivity index (χ0) is 19.4. The number of hydrogen-bond donors (Lipinski definition) is 1. The molecule has 0 heterocycles. The molecule has 0 amide bonds. The van der Waals surface area contributed by atoms with Gasteiger partial charge in [-0.25, -0.2) is 4.79 Å². The first-order valence-corrected chi connectivity index (χ1v) is 9.21. The smallest absolute Gasteiger partial charge is 0.340 e. The number of rotatable bonds is 4. The molecule has 3 rings (SSSR count). The molecule has 4 nitrogen and oxygen atoms in total. The van der Waals surface area contributed by atoms with E-state index in [1.807, 2.05) is 60.7 Å². The minimum Gasteiger partial charge on any atom is -0.462 e. The molecular formula is C22H17BrN2O2. The summed E-state index contributed by atoms with van der Waals surface area (Å²) in [6, 6.07) is 19.3. The minimum atomic E-state index is -0.531. The van der Waals surface area contributed by atoms with Crippen molar-refractivity contribution in [3.05, 3.63) is 92.6 Å². The van der Waals surface area contributed by atoms with Crippen LogP contribution in [0.4, 0.5) is 0 Å². The largest absolute Gasteiger partial charge is 0.462 e. The Morgan fingerprint density at radius 1 is 1.19 bits per heavy atom. The molecule has 27 heavy (non-hydrogen) atoms. The highest BCUT2D eigenvalue weighted by atomic mass is 79.9. The van der Waals surface area contributed by atoms with Crippen LogP contribution in [0.5, 0.6) is 0 Å². The predicted molar refractivity (Wildman–Crippen MR) is 109 cm³/mol. The van der Waals surface area contributed by atoms with Crippen LogP contribution in [0.1, 0.15) is 18.1 Å². The maximum absolute atomic E-state index is 12.6. The van der Waals surface area contributed by atoms with Crippen LogP contribution in [0, 0.1) is 11.3 Å². The highest BCUT2D eigenvalue weighted by Gasteiger charge is 2.33. The summed E-state index contributed by atoms with van der Waals surface area (Å²) in [6.45, 7) is 1.96. The van der Waals surface area contributed by atoms with Crippen molar-refractivity contribution in [1.29, 1.82) is 5.26 Å². The van der Waals surface area contributed by atoms with E-state index < -0.39 is 5.97 Å². The molecule has 0 fully saturated rings. The van der Waals surface area contributed by atoms with Gasteiger partial charge in [0.2, 0.25) is 0 Å². The normalized spacial score (nSPS) is 15.2. The number of benzene rings is 2. The van der Waals surface area contributed by atoms with Gasteiger partial charge in [-0.15, -0.1) is 0 Å². The van der Waals surface area contributed by atoms with Crippen LogP contribution in [0.3, 0.4) is 0 Å². The molecule has 0 atom stereocenters. The summed E-state index contributed by atoms with van der Waals surface area (Å²) in [5, 5.41) is 9.73. The Kier molecular flexibility index (Phi) is 5.58. The third-order valence-corrected chi connectivity index (χ3v) is 4.69. The van der Waals surface area contributed by atoms with Gasteiger partial charge in [0.05, 0.1) is 23.5 Å². The van der Waals surface area contributed by atoms with Gasteiger partial charge in [-0.2, -0.15) is 5.26 Å². The predicted octanol–water partition coefficient (Wildman–Crippen LogP) is 4.60. The van der Waals surface area contributed by atoms with Crippen molar-refractivity contribution in [1.82, 2.24) is 0 Å². The van der Waals surface area contributed by atoms with Crippen LogP contribution in [0.25, 0.3) is 11.6 Å². The van der Waals surface area contributed by atoms with Crippen LogP contribution in [0.2, 0.25) is 0 Å². The van der Waals surface area contributed by atoms with E-state index in [1.54, 1.807) is 6.92 Å². The number of allylic oxidation sites excluding steroid dienone is 2. The maximum Gasteiger partial charge on any atom is 0.340 e. The van der Waals surface area contributed by atoms with Crippen LogP contribution in [-0.2, 0) is 9.53 Å². The van der Waals surface area contributed by atoms with Crippen molar-refractivity contribution in [2.75, 3.05) is 6.61 Å². The van der Waals surface area contributed by atoms with E-state index in [0.717, 1.165) is 15.6 Å². The molecule has 2 aromatic rings.